The molecular weight excluding hydrogens is 375 g/mol. The zero-order valence-corrected chi connectivity index (χ0v) is 18.2. The molecule has 5 heteroatoms. The van der Waals surface area contributed by atoms with Crippen molar-refractivity contribution in [3.05, 3.63) is 0 Å². The standard InChI is InChI=1S/C4H7O.3C4H9O.Sn/c1-2-4-5-3-1;3*1-4(2,3)5;/h3H,1-2,4H2;3*1-3H3;/q;3*-1;+3. The molecule has 1 unspecified atom stereocenters. The van der Waals surface area contributed by atoms with Crippen LogP contribution >= 0.6 is 0 Å². The SMILES string of the molecule is CC(C)(C)[O][Sn]([O]C(C)(C)C)([O]C(C)(C)C)[CH]1CCCO1. The molecule has 0 aromatic heterocycles. The van der Waals surface area contributed by atoms with Crippen LogP contribution in [0.2, 0.25) is 0 Å². The van der Waals surface area contributed by atoms with Crippen LogP contribution in [0.5, 0.6) is 0 Å². The van der Waals surface area contributed by atoms with Gasteiger partial charge in [0, 0.05) is 0 Å². The summed E-state index contributed by atoms with van der Waals surface area (Å²) in [5.74, 6) is 0. The second-order valence-electron chi connectivity index (χ2n) is 8.75. The maximum atomic E-state index is 6.50. The monoisotopic (exact) mass is 410 g/mol. The summed E-state index contributed by atoms with van der Waals surface area (Å²) in [5.41, 5.74) is -0.921. The Morgan fingerprint density at radius 1 is 0.762 bits per heavy atom. The normalized spacial score (nSPS) is 21.9. The second kappa shape index (κ2) is 6.63. The first-order valence-corrected chi connectivity index (χ1v) is 13.1. The van der Waals surface area contributed by atoms with Crippen LogP contribution in [0.1, 0.15) is 75.2 Å². The maximum absolute atomic E-state index is 6.50. The van der Waals surface area contributed by atoms with Gasteiger partial charge in [-0.25, -0.2) is 0 Å². The molecule has 0 aliphatic carbocycles. The van der Waals surface area contributed by atoms with Gasteiger partial charge in [-0.1, -0.05) is 0 Å². The topological polar surface area (TPSA) is 36.9 Å². The minimum absolute atomic E-state index is 0.00280. The van der Waals surface area contributed by atoms with Crippen molar-refractivity contribution in [1.82, 2.24) is 0 Å². The summed E-state index contributed by atoms with van der Waals surface area (Å²) in [5, 5.41) is 0. The van der Waals surface area contributed by atoms with Crippen LogP contribution in [0.3, 0.4) is 0 Å². The van der Waals surface area contributed by atoms with Crippen LogP contribution < -0.4 is 0 Å². The van der Waals surface area contributed by atoms with Gasteiger partial charge in [0.05, 0.1) is 0 Å². The van der Waals surface area contributed by atoms with E-state index in [4.69, 9.17) is 14.0 Å². The van der Waals surface area contributed by atoms with Gasteiger partial charge in [-0.05, 0) is 0 Å². The Labute approximate surface area is 136 Å². The van der Waals surface area contributed by atoms with Crippen LogP contribution in [0.15, 0.2) is 0 Å². The Morgan fingerprint density at radius 3 is 1.38 bits per heavy atom. The molecule has 1 aliphatic rings. The number of ether oxygens (including phenoxy) is 1. The molecule has 0 bridgehead atoms. The third kappa shape index (κ3) is 7.16. The molecule has 0 saturated carbocycles. The minimum atomic E-state index is -3.91. The van der Waals surface area contributed by atoms with E-state index in [9.17, 15) is 0 Å². The summed E-state index contributed by atoms with van der Waals surface area (Å²) in [6, 6.07) is 0. The molecular formula is C16H34O4Sn. The predicted octanol–water partition coefficient (Wildman–Crippen LogP) is 4.09. The van der Waals surface area contributed by atoms with E-state index in [2.05, 4.69) is 62.3 Å². The van der Waals surface area contributed by atoms with Crippen LogP contribution in [-0.4, -0.2) is 47.1 Å². The molecule has 0 N–H and O–H groups in total. The second-order valence-corrected chi connectivity index (χ2v) is 15.8. The predicted molar refractivity (Wildman–Crippen MR) is 87.2 cm³/mol. The van der Waals surface area contributed by atoms with Gasteiger partial charge in [-0.15, -0.1) is 0 Å². The van der Waals surface area contributed by atoms with Crippen LogP contribution in [0, 0.1) is 0 Å². The van der Waals surface area contributed by atoms with E-state index < -0.39 is 19.6 Å². The molecule has 1 rings (SSSR count). The molecule has 0 aromatic rings. The average molecular weight is 409 g/mol. The average Bonchev–Trinajstić information content (AvgIpc) is 2.59. The van der Waals surface area contributed by atoms with Gasteiger partial charge >= 0.3 is 136 Å². The first-order valence-electron chi connectivity index (χ1n) is 7.95. The number of hydrogen-bond donors (Lipinski definition) is 0. The van der Waals surface area contributed by atoms with Crippen molar-refractivity contribution in [2.45, 2.75) is 96.1 Å². The summed E-state index contributed by atoms with van der Waals surface area (Å²) in [6.45, 7) is 19.3. The summed E-state index contributed by atoms with van der Waals surface area (Å²) in [6.07, 6.45) is 2.02. The van der Waals surface area contributed by atoms with Crippen molar-refractivity contribution in [1.29, 1.82) is 0 Å². The van der Waals surface area contributed by atoms with Gasteiger partial charge in [0.25, 0.3) is 0 Å². The van der Waals surface area contributed by atoms with E-state index in [0.29, 0.717) is 0 Å². The Hall–Kier alpha value is 0.639. The summed E-state index contributed by atoms with van der Waals surface area (Å²) < 4.78 is 25.5. The molecule has 1 atom stereocenters. The zero-order chi connectivity index (χ0) is 16.5. The molecule has 0 aromatic carbocycles. The molecule has 0 amide bonds. The van der Waals surface area contributed by atoms with Crippen molar-refractivity contribution in [3.8, 4) is 0 Å². The van der Waals surface area contributed by atoms with Gasteiger partial charge < -0.3 is 0 Å². The Kier molecular flexibility index (Phi) is 6.22. The molecule has 1 aliphatic heterocycles. The summed E-state index contributed by atoms with van der Waals surface area (Å²) in [4.78, 5) is 0. The van der Waals surface area contributed by atoms with E-state index in [1.807, 2.05) is 0 Å². The summed E-state index contributed by atoms with van der Waals surface area (Å²) >= 11 is -3.91. The van der Waals surface area contributed by atoms with Crippen molar-refractivity contribution in [2.24, 2.45) is 0 Å². The third-order valence-electron chi connectivity index (χ3n) is 2.67. The van der Waals surface area contributed by atoms with Crippen molar-refractivity contribution in [2.75, 3.05) is 6.61 Å². The Balaban J connectivity index is 3.17. The van der Waals surface area contributed by atoms with Gasteiger partial charge in [0.2, 0.25) is 0 Å². The van der Waals surface area contributed by atoms with Crippen LogP contribution in [0.25, 0.3) is 0 Å². The number of hydrogen-bond acceptors (Lipinski definition) is 4. The van der Waals surface area contributed by atoms with E-state index in [-0.39, 0.29) is 20.9 Å². The first-order chi connectivity index (χ1) is 9.23. The van der Waals surface area contributed by atoms with Gasteiger partial charge in [-0.3, -0.25) is 0 Å². The third-order valence-corrected chi connectivity index (χ3v) is 13.9. The van der Waals surface area contributed by atoms with Crippen LogP contribution in [0.4, 0.5) is 0 Å². The van der Waals surface area contributed by atoms with Crippen molar-refractivity contribution >= 4 is 19.6 Å². The fourth-order valence-electron chi connectivity index (χ4n) is 2.40. The molecule has 4 nitrogen and oxygen atoms in total. The van der Waals surface area contributed by atoms with Gasteiger partial charge in [0.15, 0.2) is 0 Å². The molecule has 1 fully saturated rings. The van der Waals surface area contributed by atoms with Gasteiger partial charge in [-0.2, -0.15) is 0 Å². The van der Waals surface area contributed by atoms with E-state index in [1.54, 1.807) is 0 Å². The summed E-state index contributed by atoms with van der Waals surface area (Å²) in [7, 11) is 0. The molecule has 1 heterocycles. The molecule has 21 heavy (non-hydrogen) atoms. The fourth-order valence-corrected chi connectivity index (χ4v) is 13.7. The zero-order valence-electron chi connectivity index (χ0n) is 15.3. The van der Waals surface area contributed by atoms with Crippen LogP contribution in [-0.2, 0) is 14.0 Å². The molecule has 1 saturated heterocycles. The number of rotatable bonds is 4. The first kappa shape index (κ1) is 19.7. The Bertz CT molecular complexity index is 289. The van der Waals surface area contributed by atoms with Gasteiger partial charge in [0.1, 0.15) is 0 Å². The quantitative estimate of drug-likeness (QED) is 0.656. The molecule has 0 radical (unpaired) electrons. The van der Waals surface area contributed by atoms with E-state index >= 15 is 0 Å². The van der Waals surface area contributed by atoms with Crippen molar-refractivity contribution < 1.29 is 14.0 Å². The molecule has 126 valence electrons. The Morgan fingerprint density at radius 2 is 1.14 bits per heavy atom. The van der Waals surface area contributed by atoms with Crippen molar-refractivity contribution in [3.63, 3.8) is 0 Å². The van der Waals surface area contributed by atoms with E-state index in [0.717, 1.165) is 19.4 Å². The van der Waals surface area contributed by atoms with E-state index in [1.165, 1.54) is 0 Å². The molecule has 0 spiro atoms. The fraction of sp³-hybridized carbons (Fsp3) is 1.00.